The molecule has 0 saturated heterocycles. The number of methoxy groups -OCH3 is 2. The van der Waals surface area contributed by atoms with Crippen LogP contribution in [-0.4, -0.2) is 58.5 Å². The van der Waals surface area contributed by atoms with Crippen LogP contribution in [-0.2, 0) is 20.8 Å². The van der Waals surface area contributed by atoms with E-state index in [4.69, 9.17) is 14.6 Å². The summed E-state index contributed by atoms with van der Waals surface area (Å²) in [6.45, 7) is 0.983. The van der Waals surface area contributed by atoms with Gasteiger partial charge in [0.05, 0.1) is 25.0 Å². The van der Waals surface area contributed by atoms with E-state index in [1.807, 2.05) is 0 Å². The Bertz CT molecular complexity index is 358. The number of carbonyl (C=O) groups is 1. The Balaban J connectivity index is 2.57. The summed E-state index contributed by atoms with van der Waals surface area (Å²) in [6.07, 6.45) is 1.44. The number of carboxylic acids is 1. The van der Waals surface area contributed by atoms with E-state index < -0.39 is 5.97 Å². The first kappa shape index (κ1) is 13.9. The topological polar surface area (TPSA) is 86.5 Å². The number of hydrogen-bond donors (Lipinski definition) is 1. The molecule has 1 aromatic rings. The molecule has 1 rings (SSSR count). The van der Waals surface area contributed by atoms with Gasteiger partial charge in [-0.25, -0.2) is 0 Å². The highest BCUT2D eigenvalue weighted by Gasteiger charge is 2.13. The first-order chi connectivity index (χ1) is 8.17. The lowest BCUT2D eigenvalue weighted by atomic mass is 10.4. The Hall–Kier alpha value is -1.12. The van der Waals surface area contributed by atoms with Gasteiger partial charge in [-0.2, -0.15) is 0 Å². The Morgan fingerprint density at radius 3 is 3.00 bits per heavy atom. The first-order valence-electron chi connectivity index (χ1n) is 4.91. The quantitative estimate of drug-likeness (QED) is 0.665. The van der Waals surface area contributed by atoms with Gasteiger partial charge in [-0.05, 0) is 0 Å². The highest BCUT2D eigenvalue weighted by molar-refractivity contribution is 7.99. The van der Waals surface area contributed by atoms with Crippen molar-refractivity contribution >= 4 is 17.7 Å². The Morgan fingerprint density at radius 2 is 2.41 bits per heavy atom. The van der Waals surface area contributed by atoms with Crippen LogP contribution in [0, 0.1) is 0 Å². The van der Waals surface area contributed by atoms with E-state index in [-0.39, 0.29) is 11.9 Å². The molecule has 0 aliphatic rings. The van der Waals surface area contributed by atoms with Gasteiger partial charge in [-0.1, -0.05) is 11.8 Å². The minimum Gasteiger partial charge on any atom is -0.481 e. The molecule has 7 nitrogen and oxygen atoms in total. The molecule has 0 bridgehead atoms. The molecule has 1 N–H and O–H groups in total. The summed E-state index contributed by atoms with van der Waals surface area (Å²) in [5.41, 5.74) is 0. The molecule has 96 valence electrons. The van der Waals surface area contributed by atoms with E-state index in [0.717, 1.165) is 11.8 Å². The second-order valence-corrected chi connectivity index (χ2v) is 4.20. The summed E-state index contributed by atoms with van der Waals surface area (Å²) in [7, 11) is 3.19. The highest BCUT2D eigenvalue weighted by Crippen LogP contribution is 2.15. The van der Waals surface area contributed by atoms with Crippen LogP contribution in [0.5, 0.6) is 0 Å². The molecule has 1 aromatic heterocycles. The van der Waals surface area contributed by atoms with Crippen LogP contribution in [0.25, 0.3) is 0 Å². The van der Waals surface area contributed by atoms with Gasteiger partial charge in [0.2, 0.25) is 0 Å². The first-order valence-corrected chi connectivity index (χ1v) is 5.90. The van der Waals surface area contributed by atoms with E-state index in [9.17, 15) is 4.79 Å². The number of ether oxygens (including phenoxy) is 2. The van der Waals surface area contributed by atoms with Crippen LogP contribution in [0.2, 0.25) is 0 Å². The minimum absolute atomic E-state index is 0.0411. The van der Waals surface area contributed by atoms with Crippen molar-refractivity contribution in [2.24, 2.45) is 0 Å². The van der Waals surface area contributed by atoms with E-state index in [1.54, 1.807) is 25.1 Å². The lowest BCUT2D eigenvalue weighted by Gasteiger charge is -2.15. The maximum Gasteiger partial charge on any atom is 0.313 e. The van der Waals surface area contributed by atoms with Crippen molar-refractivity contribution < 1.29 is 19.4 Å². The fourth-order valence-electron chi connectivity index (χ4n) is 1.21. The van der Waals surface area contributed by atoms with Crippen molar-refractivity contribution in [1.82, 2.24) is 14.8 Å². The lowest BCUT2D eigenvalue weighted by molar-refractivity contribution is -0.133. The van der Waals surface area contributed by atoms with Crippen LogP contribution in [0.15, 0.2) is 11.5 Å². The normalized spacial score (nSPS) is 12.6. The van der Waals surface area contributed by atoms with Gasteiger partial charge < -0.3 is 19.1 Å². The Labute approximate surface area is 103 Å². The highest BCUT2D eigenvalue weighted by atomic mass is 32.2. The molecular formula is C9H15N3O4S. The predicted molar refractivity (Wildman–Crippen MR) is 61.1 cm³/mol. The van der Waals surface area contributed by atoms with Gasteiger partial charge in [-0.3, -0.25) is 4.79 Å². The SMILES string of the molecule is COCC(Cn1cnnc1SCC(=O)O)OC. The fraction of sp³-hybridized carbons (Fsp3) is 0.667. The maximum absolute atomic E-state index is 10.5. The van der Waals surface area contributed by atoms with Gasteiger partial charge in [0.1, 0.15) is 6.33 Å². The Morgan fingerprint density at radius 1 is 1.65 bits per heavy atom. The van der Waals surface area contributed by atoms with Crippen molar-refractivity contribution in [1.29, 1.82) is 0 Å². The molecule has 0 amide bonds. The molecule has 1 unspecified atom stereocenters. The molecule has 0 spiro atoms. The molecule has 0 aromatic carbocycles. The monoisotopic (exact) mass is 261 g/mol. The summed E-state index contributed by atoms with van der Waals surface area (Å²) < 4.78 is 12.0. The van der Waals surface area contributed by atoms with E-state index >= 15 is 0 Å². The van der Waals surface area contributed by atoms with Crippen LogP contribution in [0.4, 0.5) is 0 Å². The van der Waals surface area contributed by atoms with Gasteiger partial charge in [0, 0.05) is 14.2 Å². The number of carboxylic acid groups (broad SMARTS) is 1. The zero-order chi connectivity index (χ0) is 12.7. The molecule has 0 saturated carbocycles. The van der Waals surface area contributed by atoms with Crippen LogP contribution in [0.1, 0.15) is 0 Å². The number of aromatic nitrogens is 3. The lowest BCUT2D eigenvalue weighted by Crippen LogP contribution is -2.23. The zero-order valence-electron chi connectivity index (χ0n) is 9.70. The predicted octanol–water partition coefficient (Wildman–Crippen LogP) is 0.116. The van der Waals surface area contributed by atoms with Crippen LogP contribution < -0.4 is 0 Å². The number of nitrogens with zero attached hydrogens (tertiary/aromatic N) is 3. The van der Waals surface area contributed by atoms with Crippen LogP contribution >= 0.6 is 11.8 Å². The van der Waals surface area contributed by atoms with Crippen molar-refractivity contribution in [3.05, 3.63) is 6.33 Å². The van der Waals surface area contributed by atoms with Crippen molar-refractivity contribution in [3.8, 4) is 0 Å². The summed E-state index contributed by atoms with van der Waals surface area (Å²) >= 11 is 1.13. The van der Waals surface area contributed by atoms with Crippen molar-refractivity contribution in [2.45, 2.75) is 17.8 Å². The van der Waals surface area contributed by atoms with E-state index in [0.29, 0.717) is 18.3 Å². The maximum atomic E-state index is 10.5. The van der Waals surface area contributed by atoms with Crippen molar-refractivity contribution in [3.63, 3.8) is 0 Å². The fourth-order valence-corrected chi connectivity index (χ4v) is 1.85. The third-order valence-corrected chi connectivity index (χ3v) is 2.96. The molecule has 8 heteroatoms. The second-order valence-electron chi connectivity index (χ2n) is 3.26. The molecule has 0 aliphatic heterocycles. The Kier molecular flexibility index (Phi) is 5.95. The molecule has 0 fully saturated rings. The molecule has 1 atom stereocenters. The minimum atomic E-state index is -0.885. The number of hydrogen-bond acceptors (Lipinski definition) is 6. The van der Waals surface area contributed by atoms with Gasteiger partial charge >= 0.3 is 5.97 Å². The smallest absolute Gasteiger partial charge is 0.313 e. The third kappa shape index (κ3) is 4.72. The number of thioether (sulfide) groups is 1. The van der Waals surface area contributed by atoms with Crippen LogP contribution in [0.3, 0.4) is 0 Å². The largest absolute Gasteiger partial charge is 0.481 e. The third-order valence-electron chi connectivity index (χ3n) is 1.99. The van der Waals surface area contributed by atoms with Crippen molar-refractivity contribution in [2.75, 3.05) is 26.6 Å². The molecule has 17 heavy (non-hydrogen) atoms. The number of rotatable bonds is 8. The van der Waals surface area contributed by atoms with E-state index in [1.165, 1.54) is 0 Å². The summed E-state index contributed by atoms with van der Waals surface area (Å²) in [6, 6.07) is 0. The molecule has 0 radical (unpaired) electrons. The standard InChI is InChI=1S/C9H15N3O4S/c1-15-4-7(16-2)3-12-6-10-11-9(12)17-5-8(13)14/h6-7H,3-5H2,1-2H3,(H,13,14). The van der Waals surface area contributed by atoms with Gasteiger partial charge in [0.25, 0.3) is 0 Å². The number of aliphatic carboxylic acids is 1. The van der Waals surface area contributed by atoms with Gasteiger partial charge in [0.15, 0.2) is 5.16 Å². The molecular weight excluding hydrogens is 246 g/mol. The summed E-state index contributed by atoms with van der Waals surface area (Å²) in [5, 5.41) is 16.8. The summed E-state index contributed by atoms with van der Waals surface area (Å²) in [4.78, 5) is 10.5. The molecule has 1 heterocycles. The zero-order valence-corrected chi connectivity index (χ0v) is 10.5. The summed E-state index contributed by atoms with van der Waals surface area (Å²) in [5.74, 6) is -0.926. The second kappa shape index (κ2) is 7.25. The van der Waals surface area contributed by atoms with E-state index in [2.05, 4.69) is 10.2 Å². The average Bonchev–Trinajstić information content (AvgIpc) is 2.73. The van der Waals surface area contributed by atoms with Gasteiger partial charge in [-0.15, -0.1) is 10.2 Å². The molecule has 0 aliphatic carbocycles. The average molecular weight is 261 g/mol.